The van der Waals surface area contributed by atoms with E-state index in [1.165, 1.54) is 0 Å². The van der Waals surface area contributed by atoms with Crippen molar-refractivity contribution < 1.29 is 14.3 Å². The lowest BCUT2D eigenvalue weighted by molar-refractivity contribution is -0.133. The van der Waals surface area contributed by atoms with E-state index >= 15 is 0 Å². The molecule has 0 radical (unpaired) electrons. The molecular formula is C19H19BrN2O3S. The molecule has 1 aromatic carbocycles. The number of carbonyl (C=O) groups excluding carboxylic acids is 1. The van der Waals surface area contributed by atoms with Crippen LogP contribution in [0.25, 0.3) is 0 Å². The maximum Gasteiger partial charge on any atom is 0.261 e. The van der Waals surface area contributed by atoms with Gasteiger partial charge < -0.3 is 14.4 Å². The normalized spacial score (nSPS) is 10.0. The maximum atomic E-state index is 12.6. The minimum Gasteiger partial charge on any atom is -0.490 e. The van der Waals surface area contributed by atoms with Crippen LogP contribution in [0.5, 0.6) is 11.5 Å². The van der Waals surface area contributed by atoms with E-state index in [1.54, 1.807) is 34.4 Å². The van der Waals surface area contributed by atoms with Gasteiger partial charge in [-0.15, -0.1) is 17.9 Å². The third-order valence-corrected chi connectivity index (χ3v) is 4.86. The Morgan fingerprint density at radius 2 is 2.27 bits per heavy atom. The second-order valence-corrected chi connectivity index (χ2v) is 7.15. The highest BCUT2D eigenvalue weighted by atomic mass is 79.9. The summed E-state index contributed by atoms with van der Waals surface area (Å²) >= 11 is 4.98. The molecule has 26 heavy (non-hydrogen) atoms. The van der Waals surface area contributed by atoms with E-state index in [1.807, 2.05) is 24.4 Å². The smallest absolute Gasteiger partial charge is 0.261 e. The first-order chi connectivity index (χ1) is 12.6. The van der Waals surface area contributed by atoms with Gasteiger partial charge in [-0.25, -0.2) is 0 Å². The molecule has 5 nitrogen and oxygen atoms in total. The molecule has 0 saturated carbocycles. The topological polar surface area (TPSA) is 62.6 Å². The van der Waals surface area contributed by atoms with Crippen molar-refractivity contribution in [2.75, 3.05) is 19.8 Å². The average molecular weight is 435 g/mol. The second kappa shape index (κ2) is 10.00. The van der Waals surface area contributed by atoms with Crippen molar-refractivity contribution >= 4 is 33.2 Å². The Morgan fingerprint density at radius 1 is 1.46 bits per heavy atom. The number of amides is 1. The summed E-state index contributed by atoms with van der Waals surface area (Å²) in [5, 5.41) is 11.1. The van der Waals surface area contributed by atoms with Crippen LogP contribution in [0.2, 0.25) is 0 Å². The van der Waals surface area contributed by atoms with E-state index in [-0.39, 0.29) is 12.5 Å². The van der Waals surface area contributed by atoms with Crippen LogP contribution in [0.1, 0.15) is 17.4 Å². The summed E-state index contributed by atoms with van der Waals surface area (Å²) < 4.78 is 11.8. The molecule has 0 saturated heterocycles. The molecule has 0 fully saturated rings. The van der Waals surface area contributed by atoms with Gasteiger partial charge in [0.2, 0.25) is 0 Å². The lowest BCUT2D eigenvalue weighted by Crippen LogP contribution is -2.34. The van der Waals surface area contributed by atoms with Crippen LogP contribution in [0.3, 0.4) is 0 Å². The first-order valence-corrected chi connectivity index (χ1v) is 9.66. The number of rotatable bonds is 9. The number of carbonyl (C=O) groups is 1. The monoisotopic (exact) mass is 434 g/mol. The molecule has 136 valence electrons. The summed E-state index contributed by atoms with van der Waals surface area (Å²) in [5.41, 5.74) is 0.449. The molecule has 0 N–H and O–H groups in total. The summed E-state index contributed by atoms with van der Waals surface area (Å²) in [6.45, 7) is 6.79. The van der Waals surface area contributed by atoms with E-state index in [2.05, 4.69) is 28.6 Å². The van der Waals surface area contributed by atoms with Crippen LogP contribution in [-0.4, -0.2) is 30.6 Å². The molecule has 0 atom stereocenters. The average Bonchev–Trinajstić information content (AvgIpc) is 3.13. The molecule has 1 heterocycles. The Hall–Kier alpha value is -2.30. The van der Waals surface area contributed by atoms with Crippen LogP contribution in [0.15, 0.2) is 46.8 Å². The van der Waals surface area contributed by atoms with Gasteiger partial charge in [0.05, 0.1) is 29.3 Å². The highest BCUT2D eigenvalue weighted by molar-refractivity contribution is 9.10. The van der Waals surface area contributed by atoms with Gasteiger partial charge in [0.25, 0.3) is 5.91 Å². The van der Waals surface area contributed by atoms with Gasteiger partial charge in [-0.05, 0) is 40.4 Å². The summed E-state index contributed by atoms with van der Waals surface area (Å²) in [5.74, 6) is 0.686. The number of nitrogens with zero attached hydrogens (tertiary/aromatic N) is 2. The van der Waals surface area contributed by atoms with Crippen molar-refractivity contribution in [3.05, 3.63) is 57.2 Å². The van der Waals surface area contributed by atoms with E-state index in [9.17, 15) is 4.79 Å². The highest BCUT2D eigenvalue weighted by Crippen LogP contribution is 2.36. The number of hydrogen-bond donors (Lipinski definition) is 0. The molecule has 0 bridgehead atoms. The third-order valence-electron chi connectivity index (χ3n) is 3.41. The van der Waals surface area contributed by atoms with Gasteiger partial charge in [-0.1, -0.05) is 12.1 Å². The van der Waals surface area contributed by atoms with Crippen molar-refractivity contribution in [3.63, 3.8) is 0 Å². The first kappa shape index (κ1) is 20.0. The lowest BCUT2D eigenvalue weighted by atomic mass is 10.2. The number of thiophene rings is 1. The van der Waals surface area contributed by atoms with Crippen LogP contribution < -0.4 is 9.47 Å². The van der Waals surface area contributed by atoms with Gasteiger partial charge in [-0.2, -0.15) is 5.26 Å². The van der Waals surface area contributed by atoms with Crippen LogP contribution in [0.4, 0.5) is 0 Å². The molecule has 2 rings (SSSR count). The molecule has 1 amide bonds. The van der Waals surface area contributed by atoms with Crippen molar-refractivity contribution in [1.29, 1.82) is 5.26 Å². The molecule has 7 heteroatoms. The van der Waals surface area contributed by atoms with Gasteiger partial charge in [0, 0.05) is 17.5 Å². The standard InChI is InChI=1S/C19H19BrN2O3S/c1-3-7-22(12-15-6-5-8-26-15)18(23)13-25-19-16(20)9-14(11-21)10-17(19)24-4-2/h3,5-6,8-10H,1,4,7,12-13H2,2H3. The fourth-order valence-electron chi connectivity index (χ4n) is 2.26. The Morgan fingerprint density at radius 3 is 2.88 bits per heavy atom. The molecule has 0 aliphatic carbocycles. The minimum absolute atomic E-state index is 0.135. The Labute approximate surface area is 165 Å². The quantitative estimate of drug-likeness (QED) is 0.549. The summed E-state index contributed by atoms with van der Waals surface area (Å²) in [6.07, 6.45) is 1.69. The zero-order valence-corrected chi connectivity index (χ0v) is 16.8. The van der Waals surface area contributed by atoms with Gasteiger partial charge in [0.15, 0.2) is 18.1 Å². The van der Waals surface area contributed by atoms with Gasteiger partial charge in [-0.3, -0.25) is 4.79 Å². The van der Waals surface area contributed by atoms with Crippen LogP contribution in [-0.2, 0) is 11.3 Å². The summed E-state index contributed by atoms with van der Waals surface area (Å²) in [6, 6.07) is 9.24. The second-order valence-electron chi connectivity index (χ2n) is 5.26. The lowest BCUT2D eigenvalue weighted by Gasteiger charge is -2.21. The molecule has 0 unspecified atom stereocenters. The Kier molecular flexibility index (Phi) is 7.70. The Bertz CT molecular complexity index is 800. The molecule has 2 aromatic rings. The molecular weight excluding hydrogens is 416 g/mol. The van der Waals surface area contributed by atoms with Gasteiger partial charge in [0.1, 0.15) is 0 Å². The largest absolute Gasteiger partial charge is 0.490 e. The van der Waals surface area contributed by atoms with Crippen molar-refractivity contribution in [3.8, 4) is 17.6 Å². The van der Waals surface area contributed by atoms with E-state index in [0.29, 0.717) is 41.2 Å². The predicted octanol–water partition coefficient (Wildman–Crippen LogP) is 4.37. The van der Waals surface area contributed by atoms with Crippen molar-refractivity contribution in [1.82, 2.24) is 4.90 Å². The van der Waals surface area contributed by atoms with E-state index < -0.39 is 0 Å². The molecule has 1 aromatic heterocycles. The van der Waals surface area contributed by atoms with E-state index in [0.717, 1.165) is 4.88 Å². The summed E-state index contributed by atoms with van der Waals surface area (Å²) in [7, 11) is 0. The fraction of sp³-hybridized carbons (Fsp3) is 0.263. The van der Waals surface area contributed by atoms with Crippen LogP contribution >= 0.6 is 27.3 Å². The van der Waals surface area contributed by atoms with Crippen molar-refractivity contribution in [2.24, 2.45) is 0 Å². The fourth-order valence-corrected chi connectivity index (χ4v) is 3.54. The number of benzene rings is 1. The molecule has 0 aliphatic rings. The SMILES string of the molecule is C=CCN(Cc1cccs1)C(=O)COc1c(Br)cc(C#N)cc1OCC. The van der Waals surface area contributed by atoms with Crippen molar-refractivity contribution in [2.45, 2.75) is 13.5 Å². The molecule has 0 aliphatic heterocycles. The zero-order valence-electron chi connectivity index (χ0n) is 14.4. The predicted molar refractivity (Wildman–Crippen MR) is 105 cm³/mol. The van der Waals surface area contributed by atoms with E-state index in [4.69, 9.17) is 14.7 Å². The first-order valence-electron chi connectivity index (χ1n) is 7.99. The molecule has 0 spiro atoms. The van der Waals surface area contributed by atoms with Gasteiger partial charge >= 0.3 is 0 Å². The number of hydrogen-bond acceptors (Lipinski definition) is 5. The number of ether oxygens (including phenoxy) is 2. The zero-order chi connectivity index (χ0) is 18.9. The number of halogens is 1. The number of nitriles is 1. The highest BCUT2D eigenvalue weighted by Gasteiger charge is 2.18. The third kappa shape index (κ3) is 5.35. The summed E-state index contributed by atoms with van der Waals surface area (Å²) in [4.78, 5) is 15.4. The Balaban J connectivity index is 2.11. The minimum atomic E-state index is -0.156. The maximum absolute atomic E-state index is 12.6. The van der Waals surface area contributed by atoms with Crippen LogP contribution in [0, 0.1) is 11.3 Å².